The molecule has 0 spiro atoms. The molecule has 21 heavy (non-hydrogen) atoms. The number of hydrogen-bond acceptors (Lipinski definition) is 2. The van der Waals surface area contributed by atoms with E-state index in [4.69, 9.17) is 0 Å². The second kappa shape index (κ2) is 8.35. The zero-order valence-corrected chi connectivity index (χ0v) is 14.4. The van der Waals surface area contributed by atoms with Crippen molar-refractivity contribution in [3.05, 3.63) is 52.5 Å². The summed E-state index contributed by atoms with van der Waals surface area (Å²) >= 11 is 3.67. The minimum Gasteiger partial charge on any atom is -0.335 e. The van der Waals surface area contributed by atoms with Crippen LogP contribution in [0, 0.1) is 0 Å². The van der Waals surface area contributed by atoms with E-state index in [9.17, 15) is 0 Å². The molecule has 0 aliphatic heterocycles. The maximum atomic E-state index is 4.55. The first-order valence-electron chi connectivity index (χ1n) is 7.74. The van der Waals surface area contributed by atoms with Crippen molar-refractivity contribution in [3.8, 4) is 0 Å². The molecular formula is C17H24BrN3. The number of halogens is 1. The van der Waals surface area contributed by atoms with E-state index < -0.39 is 0 Å². The van der Waals surface area contributed by atoms with Gasteiger partial charge in [0.05, 0.1) is 0 Å². The molecule has 114 valence electrons. The first-order valence-corrected chi connectivity index (χ1v) is 8.53. The Hall–Kier alpha value is -1.13. The number of nitrogens with one attached hydrogen (secondary N) is 1. The van der Waals surface area contributed by atoms with Crippen LogP contribution in [0.3, 0.4) is 0 Å². The minimum absolute atomic E-state index is 0.290. The topological polar surface area (TPSA) is 29.9 Å². The van der Waals surface area contributed by atoms with Crippen molar-refractivity contribution in [1.82, 2.24) is 14.9 Å². The fourth-order valence-electron chi connectivity index (χ4n) is 2.53. The standard InChI is InChI=1S/C17H24BrN3/c1-3-9-19-16(14-7-5-6-8-15(14)18)13-17-20-10-12-21(17)11-4-2/h5-8,10,12,16,19H,3-4,9,11,13H2,1-2H3. The fourth-order valence-corrected chi connectivity index (χ4v) is 3.09. The lowest BCUT2D eigenvalue weighted by Gasteiger charge is -2.20. The Morgan fingerprint density at radius 1 is 1.24 bits per heavy atom. The number of imidazole rings is 1. The van der Waals surface area contributed by atoms with E-state index in [1.165, 1.54) is 5.56 Å². The van der Waals surface area contributed by atoms with Crippen molar-refractivity contribution in [1.29, 1.82) is 0 Å². The van der Waals surface area contributed by atoms with Gasteiger partial charge in [0.2, 0.25) is 0 Å². The largest absolute Gasteiger partial charge is 0.335 e. The van der Waals surface area contributed by atoms with Crippen LogP contribution in [0.1, 0.15) is 44.1 Å². The van der Waals surface area contributed by atoms with Crippen molar-refractivity contribution in [2.75, 3.05) is 6.54 Å². The third kappa shape index (κ3) is 4.42. The van der Waals surface area contributed by atoms with Gasteiger partial charge in [0, 0.05) is 35.9 Å². The smallest absolute Gasteiger partial charge is 0.110 e. The number of aryl methyl sites for hydroxylation is 1. The van der Waals surface area contributed by atoms with Crippen molar-refractivity contribution in [3.63, 3.8) is 0 Å². The van der Waals surface area contributed by atoms with Gasteiger partial charge in [-0.1, -0.05) is 48.0 Å². The predicted octanol–water partition coefficient (Wildman–Crippen LogP) is 4.34. The summed E-state index contributed by atoms with van der Waals surface area (Å²) in [4.78, 5) is 4.55. The van der Waals surface area contributed by atoms with Crippen LogP contribution in [0.5, 0.6) is 0 Å². The highest BCUT2D eigenvalue weighted by Gasteiger charge is 2.16. The lowest BCUT2D eigenvalue weighted by atomic mass is 10.0. The van der Waals surface area contributed by atoms with Crippen LogP contribution in [-0.2, 0) is 13.0 Å². The van der Waals surface area contributed by atoms with E-state index >= 15 is 0 Å². The second-order valence-electron chi connectivity index (χ2n) is 5.27. The quantitative estimate of drug-likeness (QED) is 0.768. The van der Waals surface area contributed by atoms with Crippen LogP contribution < -0.4 is 5.32 Å². The molecule has 0 saturated carbocycles. The highest BCUT2D eigenvalue weighted by molar-refractivity contribution is 9.10. The number of benzene rings is 1. The zero-order valence-electron chi connectivity index (χ0n) is 12.8. The van der Waals surface area contributed by atoms with Crippen molar-refractivity contribution in [2.45, 2.75) is 45.7 Å². The Bertz CT molecular complexity index is 550. The maximum Gasteiger partial charge on any atom is 0.110 e. The molecule has 4 heteroatoms. The molecule has 1 aromatic heterocycles. The summed E-state index contributed by atoms with van der Waals surface area (Å²) < 4.78 is 3.42. The molecule has 1 aromatic carbocycles. The van der Waals surface area contributed by atoms with Crippen LogP contribution >= 0.6 is 15.9 Å². The summed E-state index contributed by atoms with van der Waals surface area (Å²) in [6.07, 6.45) is 7.16. The number of rotatable bonds is 8. The molecule has 0 aliphatic rings. The number of nitrogens with zero attached hydrogens (tertiary/aromatic N) is 2. The number of aromatic nitrogens is 2. The molecule has 0 saturated heterocycles. The maximum absolute atomic E-state index is 4.55. The van der Waals surface area contributed by atoms with Gasteiger partial charge in [-0.3, -0.25) is 0 Å². The molecule has 1 heterocycles. The molecule has 0 bridgehead atoms. The van der Waals surface area contributed by atoms with Crippen LogP contribution in [0.25, 0.3) is 0 Å². The Labute approximate surface area is 135 Å². The highest BCUT2D eigenvalue weighted by atomic mass is 79.9. The molecule has 0 radical (unpaired) electrons. The Morgan fingerprint density at radius 2 is 2.05 bits per heavy atom. The van der Waals surface area contributed by atoms with E-state index in [0.717, 1.165) is 42.6 Å². The average molecular weight is 350 g/mol. The second-order valence-corrected chi connectivity index (χ2v) is 6.12. The lowest BCUT2D eigenvalue weighted by Crippen LogP contribution is -2.25. The predicted molar refractivity (Wildman–Crippen MR) is 91.4 cm³/mol. The average Bonchev–Trinajstić information content (AvgIpc) is 2.92. The van der Waals surface area contributed by atoms with Crippen LogP contribution in [0.2, 0.25) is 0 Å². The van der Waals surface area contributed by atoms with Crippen molar-refractivity contribution in [2.24, 2.45) is 0 Å². The lowest BCUT2D eigenvalue weighted by molar-refractivity contribution is 0.500. The summed E-state index contributed by atoms with van der Waals surface area (Å²) in [5.74, 6) is 1.15. The molecule has 1 unspecified atom stereocenters. The third-order valence-electron chi connectivity index (χ3n) is 3.57. The molecule has 0 fully saturated rings. The Kier molecular flexibility index (Phi) is 6.46. The molecule has 1 N–H and O–H groups in total. The van der Waals surface area contributed by atoms with Gasteiger partial charge in [-0.2, -0.15) is 0 Å². The van der Waals surface area contributed by atoms with Crippen LogP contribution in [0.4, 0.5) is 0 Å². The normalized spacial score (nSPS) is 12.5. The summed E-state index contributed by atoms with van der Waals surface area (Å²) in [6.45, 7) is 6.44. The third-order valence-corrected chi connectivity index (χ3v) is 4.30. The van der Waals surface area contributed by atoms with Crippen molar-refractivity contribution < 1.29 is 0 Å². The fraction of sp³-hybridized carbons (Fsp3) is 0.471. The monoisotopic (exact) mass is 349 g/mol. The molecule has 0 amide bonds. The summed E-state index contributed by atoms with van der Waals surface area (Å²) in [6, 6.07) is 8.74. The SMILES string of the molecule is CCCNC(Cc1nccn1CCC)c1ccccc1Br. The van der Waals surface area contributed by atoms with E-state index in [0.29, 0.717) is 6.04 Å². The Balaban J connectivity index is 2.20. The minimum atomic E-state index is 0.290. The zero-order chi connectivity index (χ0) is 15.1. The summed E-state index contributed by atoms with van der Waals surface area (Å²) in [7, 11) is 0. The van der Waals surface area contributed by atoms with Crippen molar-refractivity contribution >= 4 is 15.9 Å². The summed E-state index contributed by atoms with van der Waals surface area (Å²) in [5, 5.41) is 3.65. The molecular weight excluding hydrogens is 326 g/mol. The molecule has 3 nitrogen and oxygen atoms in total. The molecule has 1 atom stereocenters. The van der Waals surface area contributed by atoms with Gasteiger partial charge in [-0.05, 0) is 31.0 Å². The van der Waals surface area contributed by atoms with Crippen LogP contribution in [-0.4, -0.2) is 16.1 Å². The Morgan fingerprint density at radius 3 is 2.76 bits per heavy atom. The molecule has 2 rings (SSSR count). The van der Waals surface area contributed by atoms with Gasteiger partial charge in [0.25, 0.3) is 0 Å². The van der Waals surface area contributed by atoms with Gasteiger partial charge < -0.3 is 9.88 Å². The van der Waals surface area contributed by atoms with Gasteiger partial charge in [-0.15, -0.1) is 0 Å². The van der Waals surface area contributed by atoms with Gasteiger partial charge >= 0.3 is 0 Å². The molecule has 0 aliphatic carbocycles. The first-order chi connectivity index (χ1) is 10.3. The van der Waals surface area contributed by atoms with Gasteiger partial charge in [-0.25, -0.2) is 4.98 Å². The molecule has 2 aromatic rings. The van der Waals surface area contributed by atoms with E-state index in [1.54, 1.807) is 0 Å². The van der Waals surface area contributed by atoms with E-state index in [-0.39, 0.29) is 0 Å². The number of hydrogen-bond donors (Lipinski definition) is 1. The van der Waals surface area contributed by atoms with E-state index in [2.05, 4.69) is 75.1 Å². The first kappa shape index (κ1) is 16.2. The van der Waals surface area contributed by atoms with Gasteiger partial charge in [0.15, 0.2) is 0 Å². The van der Waals surface area contributed by atoms with Crippen LogP contribution in [0.15, 0.2) is 41.1 Å². The van der Waals surface area contributed by atoms with Gasteiger partial charge in [0.1, 0.15) is 5.82 Å². The highest BCUT2D eigenvalue weighted by Crippen LogP contribution is 2.25. The summed E-state index contributed by atoms with van der Waals surface area (Å²) in [5.41, 5.74) is 1.30. The van der Waals surface area contributed by atoms with E-state index in [1.807, 2.05) is 6.20 Å².